The van der Waals surface area contributed by atoms with Crippen LogP contribution >= 0.6 is 0 Å². The van der Waals surface area contributed by atoms with Crippen LogP contribution in [0.5, 0.6) is 11.5 Å². The van der Waals surface area contributed by atoms with Gasteiger partial charge in [0.2, 0.25) is 0 Å². The summed E-state index contributed by atoms with van der Waals surface area (Å²) in [6.45, 7) is 3.88. The summed E-state index contributed by atoms with van der Waals surface area (Å²) in [6, 6.07) is 3.41. The second-order valence-electron chi connectivity index (χ2n) is 3.41. The van der Waals surface area contributed by atoms with Gasteiger partial charge in [-0.2, -0.15) is 0 Å². The van der Waals surface area contributed by atoms with Crippen LogP contribution < -0.4 is 10.5 Å². The van der Waals surface area contributed by atoms with Gasteiger partial charge in [0.15, 0.2) is 0 Å². The number of benzene rings is 1. The molecule has 3 N–H and O–H groups in total. The van der Waals surface area contributed by atoms with Gasteiger partial charge in [-0.25, -0.2) is 0 Å². The van der Waals surface area contributed by atoms with E-state index in [-0.39, 0.29) is 11.8 Å². The zero-order chi connectivity index (χ0) is 10.7. The van der Waals surface area contributed by atoms with E-state index in [1.165, 1.54) is 0 Å². The van der Waals surface area contributed by atoms with Crippen LogP contribution in [0.25, 0.3) is 0 Å². The van der Waals surface area contributed by atoms with Gasteiger partial charge >= 0.3 is 0 Å². The Balaban J connectivity index is 3.24. The molecule has 0 fully saturated rings. The predicted molar refractivity (Wildman–Crippen MR) is 56.6 cm³/mol. The first-order valence-corrected chi connectivity index (χ1v) is 4.73. The van der Waals surface area contributed by atoms with Gasteiger partial charge in [0.05, 0.1) is 12.7 Å². The molecule has 0 radical (unpaired) electrons. The van der Waals surface area contributed by atoms with Gasteiger partial charge in [-0.3, -0.25) is 0 Å². The van der Waals surface area contributed by atoms with Crippen molar-refractivity contribution < 1.29 is 9.84 Å². The van der Waals surface area contributed by atoms with E-state index in [9.17, 15) is 5.11 Å². The molecule has 1 aromatic rings. The molecule has 0 aliphatic heterocycles. The molecule has 3 nitrogen and oxygen atoms in total. The van der Waals surface area contributed by atoms with Crippen LogP contribution in [0.2, 0.25) is 0 Å². The highest BCUT2D eigenvalue weighted by Crippen LogP contribution is 2.34. The largest absolute Gasteiger partial charge is 0.507 e. The lowest BCUT2D eigenvalue weighted by Crippen LogP contribution is -2.10. The van der Waals surface area contributed by atoms with E-state index < -0.39 is 0 Å². The third-order valence-electron chi connectivity index (χ3n) is 2.30. The summed E-state index contributed by atoms with van der Waals surface area (Å²) in [5.74, 6) is 0.882. The fourth-order valence-electron chi connectivity index (χ4n) is 1.49. The van der Waals surface area contributed by atoms with Crippen LogP contribution in [0.3, 0.4) is 0 Å². The lowest BCUT2D eigenvalue weighted by molar-refractivity contribution is 0.392. The highest BCUT2D eigenvalue weighted by Gasteiger charge is 2.15. The van der Waals surface area contributed by atoms with Crippen LogP contribution in [0, 0.1) is 6.92 Å². The Morgan fingerprint density at radius 1 is 1.50 bits per heavy atom. The maximum Gasteiger partial charge on any atom is 0.127 e. The molecule has 1 atom stereocenters. The van der Waals surface area contributed by atoms with Crippen LogP contribution in [0.4, 0.5) is 0 Å². The summed E-state index contributed by atoms with van der Waals surface area (Å²) < 4.78 is 5.19. The Hall–Kier alpha value is -1.22. The van der Waals surface area contributed by atoms with E-state index >= 15 is 0 Å². The van der Waals surface area contributed by atoms with Crippen LogP contribution in [-0.2, 0) is 0 Å². The SMILES string of the molecule is CC[C@@H](N)c1c(O)cc(C)cc1OC. The molecule has 1 aromatic carbocycles. The maximum atomic E-state index is 9.74. The smallest absolute Gasteiger partial charge is 0.127 e. The summed E-state index contributed by atoms with van der Waals surface area (Å²) in [4.78, 5) is 0. The molecule has 14 heavy (non-hydrogen) atoms. The molecule has 1 rings (SSSR count). The highest BCUT2D eigenvalue weighted by molar-refractivity contribution is 5.48. The van der Waals surface area contributed by atoms with Gasteiger partial charge in [-0.15, -0.1) is 0 Å². The van der Waals surface area contributed by atoms with E-state index in [4.69, 9.17) is 10.5 Å². The van der Waals surface area contributed by atoms with Crippen molar-refractivity contribution >= 4 is 0 Å². The third-order valence-corrected chi connectivity index (χ3v) is 2.30. The molecule has 0 unspecified atom stereocenters. The zero-order valence-electron chi connectivity index (χ0n) is 8.87. The first kappa shape index (κ1) is 10.9. The van der Waals surface area contributed by atoms with Crippen LogP contribution in [-0.4, -0.2) is 12.2 Å². The minimum Gasteiger partial charge on any atom is -0.507 e. The molecule has 0 aliphatic carbocycles. The van der Waals surface area contributed by atoms with E-state index in [1.807, 2.05) is 19.9 Å². The van der Waals surface area contributed by atoms with Crippen molar-refractivity contribution in [3.05, 3.63) is 23.3 Å². The summed E-state index contributed by atoms with van der Waals surface area (Å²) in [5, 5.41) is 9.74. The summed E-state index contributed by atoms with van der Waals surface area (Å²) >= 11 is 0. The van der Waals surface area contributed by atoms with E-state index in [1.54, 1.807) is 13.2 Å². The lowest BCUT2D eigenvalue weighted by Gasteiger charge is -2.16. The quantitative estimate of drug-likeness (QED) is 0.776. The van der Waals surface area contributed by atoms with Gasteiger partial charge in [-0.1, -0.05) is 6.92 Å². The number of phenols is 1. The number of rotatable bonds is 3. The zero-order valence-corrected chi connectivity index (χ0v) is 8.87. The Labute approximate surface area is 84.5 Å². The fourth-order valence-corrected chi connectivity index (χ4v) is 1.49. The fraction of sp³-hybridized carbons (Fsp3) is 0.455. The standard InChI is InChI=1S/C11H17NO2/c1-4-8(12)11-9(13)5-7(2)6-10(11)14-3/h5-6,8,13H,4,12H2,1-3H3/t8-/m1/s1. The number of hydrogen-bond donors (Lipinski definition) is 2. The number of hydrogen-bond acceptors (Lipinski definition) is 3. The van der Waals surface area contributed by atoms with Crippen LogP contribution in [0.1, 0.15) is 30.5 Å². The third kappa shape index (κ3) is 1.99. The molecule has 0 heterocycles. The molecule has 78 valence electrons. The number of aromatic hydroxyl groups is 1. The van der Waals surface area contributed by atoms with Gasteiger partial charge in [-0.05, 0) is 31.0 Å². The lowest BCUT2D eigenvalue weighted by atomic mass is 10.0. The molecule has 0 aromatic heterocycles. The second kappa shape index (κ2) is 4.33. The number of aryl methyl sites for hydroxylation is 1. The maximum absolute atomic E-state index is 9.74. The number of ether oxygens (including phenoxy) is 1. The first-order valence-electron chi connectivity index (χ1n) is 4.73. The monoisotopic (exact) mass is 195 g/mol. The van der Waals surface area contributed by atoms with Gasteiger partial charge < -0.3 is 15.6 Å². The molecule has 0 saturated heterocycles. The molecule has 0 spiro atoms. The van der Waals surface area contributed by atoms with E-state index in [0.29, 0.717) is 11.3 Å². The molecule has 0 aliphatic rings. The molecular weight excluding hydrogens is 178 g/mol. The predicted octanol–water partition coefficient (Wildman–Crippen LogP) is 2.12. The van der Waals surface area contributed by atoms with Gasteiger partial charge in [0, 0.05) is 6.04 Å². The van der Waals surface area contributed by atoms with E-state index in [0.717, 1.165) is 12.0 Å². The van der Waals surface area contributed by atoms with Crippen molar-refractivity contribution in [1.29, 1.82) is 0 Å². The molecular formula is C11H17NO2. The van der Waals surface area contributed by atoms with Crippen LogP contribution in [0.15, 0.2) is 12.1 Å². The Morgan fingerprint density at radius 3 is 2.64 bits per heavy atom. The number of nitrogens with two attached hydrogens (primary N) is 1. The van der Waals surface area contributed by atoms with Crippen molar-refractivity contribution in [2.75, 3.05) is 7.11 Å². The first-order chi connectivity index (χ1) is 6.60. The van der Waals surface area contributed by atoms with Crippen molar-refractivity contribution in [3.63, 3.8) is 0 Å². The van der Waals surface area contributed by atoms with Gasteiger partial charge in [0.1, 0.15) is 11.5 Å². The second-order valence-corrected chi connectivity index (χ2v) is 3.41. The Kier molecular flexibility index (Phi) is 3.36. The Bertz CT molecular complexity index is 323. The number of phenolic OH excluding ortho intramolecular Hbond substituents is 1. The van der Waals surface area contributed by atoms with Crippen molar-refractivity contribution in [3.8, 4) is 11.5 Å². The summed E-state index contributed by atoms with van der Waals surface area (Å²) in [6.07, 6.45) is 0.771. The Morgan fingerprint density at radius 2 is 2.14 bits per heavy atom. The van der Waals surface area contributed by atoms with Crippen molar-refractivity contribution in [1.82, 2.24) is 0 Å². The minimum atomic E-state index is -0.175. The highest BCUT2D eigenvalue weighted by atomic mass is 16.5. The van der Waals surface area contributed by atoms with Gasteiger partial charge in [0.25, 0.3) is 0 Å². The molecule has 0 saturated carbocycles. The summed E-state index contributed by atoms with van der Waals surface area (Å²) in [7, 11) is 1.58. The number of methoxy groups -OCH3 is 1. The normalized spacial score (nSPS) is 12.6. The average molecular weight is 195 g/mol. The molecule has 0 amide bonds. The molecule has 3 heteroatoms. The topological polar surface area (TPSA) is 55.5 Å². The minimum absolute atomic E-state index is 0.175. The van der Waals surface area contributed by atoms with Crippen molar-refractivity contribution in [2.24, 2.45) is 5.73 Å². The average Bonchev–Trinajstić information content (AvgIpc) is 2.15. The molecule has 0 bridgehead atoms. The van der Waals surface area contributed by atoms with E-state index in [2.05, 4.69) is 0 Å². The van der Waals surface area contributed by atoms with Crippen molar-refractivity contribution in [2.45, 2.75) is 26.3 Å². The summed E-state index contributed by atoms with van der Waals surface area (Å²) in [5.41, 5.74) is 7.54.